The lowest BCUT2D eigenvalue weighted by Gasteiger charge is -2.17. The number of carbonyl (C=O) groups excluding carboxylic acids is 1. The number of nitrogens with zero attached hydrogens (tertiary/aromatic N) is 2. The van der Waals surface area contributed by atoms with E-state index in [-0.39, 0.29) is 29.7 Å². The summed E-state index contributed by atoms with van der Waals surface area (Å²) >= 11 is 0. The van der Waals surface area contributed by atoms with Crippen molar-refractivity contribution in [2.75, 3.05) is 26.0 Å². The molecule has 0 aliphatic heterocycles. The lowest BCUT2D eigenvalue weighted by atomic mass is 10.1. The van der Waals surface area contributed by atoms with Gasteiger partial charge in [-0.3, -0.25) is 19.8 Å². The van der Waals surface area contributed by atoms with Gasteiger partial charge < -0.3 is 10.1 Å². The monoisotopic (exact) mass is 361 g/mol. The van der Waals surface area contributed by atoms with Crippen LogP contribution in [0.25, 0.3) is 0 Å². The smallest absolute Gasteiger partial charge is 0.311 e. The summed E-state index contributed by atoms with van der Waals surface area (Å²) < 4.78 is 17.9. The van der Waals surface area contributed by atoms with Crippen molar-refractivity contribution in [2.45, 2.75) is 13.5 Å². The number of halogens is 1. The van der Waals surface area contributed by atoms with Crippen LogP contribution in [0.4, 0.5) is 15.8 Å². The number of nitro benzene ring substituents is 1. The van der Waals surface area contributed by atoms with Crippen molar-refractivity contribution in [1.29, 1.82) is 0 Å². The fourth-order valence-electron chi connectivity index (χ4n) is 2.51. The highest BCUT2D eigenvalue weighted by atomic mass is 19.1. The van der Waals surface area contributed by atoms with Crippen LogP contribution in [0.15, 0.2) is 36.4 Å². The zero-order chi connectivity index (χ0) is 19.3. The Morgan fingerprint density at radius 2 is 1.96 bits per heavy atom. The lowest BCUT2D eigenvalue weighted by molar-refractivity contribution is -0.385. The van der Waals surface area contributed by atoms with Crippen LogP contribution in [0, 0.1) is 22.9 Å². The van der Waals surface area contributed by atoms with Crippen molar-refractivity contribution < 1.29 is 18.8 Å². The molecule has 7 nitrogen and oxygen atoms in total. The first-order valence-electron chi connectivity index (χ1n) is 7.86. The van der Waals surface area contributed by atoms with E-state index in [9.17, 15) is 19.3 Å². The standard InChI is InChI=1S/C18H20FN3O4/c1-12-8-16(22(24)25)17(26-3)9-15(12)20-18(23)11-21(2)10-13-4-6-14(19)7-5-13/h4-9H,10-11H2,1-3H3,(H,20,23). The largest absolute Gasteiger partial charge is 0.490 e. The number of likely N-dealkylation sites (N-methyl/N-ethyl adjacent to an activating group) is 1. The van der Waals surface area contributed by atoms with E-state index >= 15 is 0 Å². The van der Waals surface area contributed by atoms with Gasteiger partial charge in [0.25, 0.3) is 0 Å². The zero-order valence-electron chi connectivity index (χ0n) is 14.8. The molecule has 0 radical (unpaired) electrons. The van der Waals surface area contributed by atoms with E-state index in [2.05, 4.69) is 5.32 Å². The number of ether oxygens (including phenoxy) is 1. The normalized spacial score (nSPS) is 10.7. The quantitative estimate of drug-likeness (QED) is 0.605. The number of nitrogens with one attached hydrogen (secondary N) is 1. The van der Waals surface area contributed by atoms with Crippen LogP contribution in [0.1, 0.15) is 11.1 Å². The number of carbonyl (C=O) groups is 1. The second kappa shape index (κ2) is 8.39. The maximum Gasteiger partial charge on any atom is 0.311 e. The number of hydrogen-bond donors (Lipinski definition) is 1. The molecule has 0 spiro atoms. The highest BCUT2D eigenvalue weighted by Gasteiger charge is 2.18. The van der Waals surface area contributed by atoms with E-state index in [1.165, 1.54) is 31.4 Å². The van der Waals surface area contributed by atoms with Crippen LogP contribution in [-0.4, -0.2) is 36.4 Å². The molecule has 0 saturated carbocycles. The molecule has 2 aromatic carbocycles. The maximum absolute atomic E-state index is 12.9. The summed E-state index contributed by atoms with van der Waals surface area (Å²) in [6.07, 6.45) is 0. The average molecular weight is 361 g/mol. The summed E-state index contributed by atoms with van der Waals surface area (Å²) in [6, 6.07) is 8.86. The number of aryl methyl sites for hydroxylation is 1. The molecule has 138 valence electrons. The molecule has 0 saturated heterocycles. The highest BCUT2D eigenvalue weighted by Crippen LogP contribution is 2.32. The van der Waals surface area contributed by atoms with Gasteiger partial charge in [0.2, 0.25) is 5.91 Å². The van der Waals surface area contributed by atoms with Crippen molar-refractivity contribution in [2.24, 2.45) is 0 Å². The summed E-state index contributed by atoms with van der Waals surface area (Å²) in [5.41, 5.74) is 1.74. The minimum Gasteiger partial charge on any atom is -0.490 e. The van der Waals surface area contributed by atoms with Gasteiger partial charge in [0.1, 0.15) is 5.82 Å². The van der Waals surface area contributed by atoms with Gasteiger partial charge in [-0.2, -0.15) is 0 Å². The molecule has 0 unspecified atom stereocenters. The Kier molecular flexibility index (Phi) is 6.24. The lowest BCUT2D eigenvalue weighted by Crippen LogP contribution is -2.30. The van der Waals surface area contributed by atoms with Gasteiger partial charge in [-0.15, -0.1) is 0 Å². The van der Waals surface area contributed by atoms with Gasteiger partial charge >= 0.3 is 5.69 Å². The van der Waals surface area contributed by atoms with Crippen LogP contribution in [-0.2, 0) is 11.3 Å². The summed E-state index contributed by atoms with van der Waals surface area (Å²) in [7, 11) is 3.10. The molecule has 0 aliphatic carbocycles. The van der Waals surface area contributed by atoms with Gasteiger partial charge in [0.15, 0.2) is 5.75 Å². The van der Waals surface area contributed by atoms with Crippen molar-refractivity contribution >= 4 is 17.3 Å². The van der Waals surface area contributed by atoms with Crippen molar-refractivity contribution in [3.05, 3.63) is 63.5 Å². The summed E-state index contributed by atoms with van der Waals surface area (Å²) in [4.78, 5) is 24.5. The summed E-state index contributed by atoms with van der Waals surface area (Å²) in [5.74, 6) is -0.499. The molecule has 0 heterocycles. The average Bonchev–Trinajstić information content (AvgIpc) is 2.58. The third-order valence-corrected chi connectivity index (χ3v) is 3.78. The van der Waals surface area contributed by atoms with E-state index in [4.69, 9.17) is 4.74 Å². The number of amides is 1. The Balaban J connectivity index is 2.02. The first-order chi connectivity index (χ1) is 12.3. The molecular weight excluding hydrogens is 341 g/mol. The van der Waals surface area contributed by atoms with Crippen LogP contribution in [0.5, 0.6) is 5.75 Å². The number of rotatable bonds is 7. The van der Waals surface area contributed by atoms with E-state index in [0.717, 1.165) is 5.56 Å². The Labute approximate surface area is 150 Å². The highest BCUT2D eigenvalue weighted by molar-refractivity contribution is 5.93. The van der Waals surface area contributed by atoms with Crippen LogP contribution >= 0.6 is 0 Å². The van der Waals surface area contributed by atoms with Crippen molar-refractivity contribution in [1.82, 2.24) is 4.90 Å². The fourth-order valence-corrected chi connectivity index (χ4v) is 2.51. The zero-order valence-corrected chi connectivity index (χ0v) is 14.8. The van der Waals surface area contributed by atoms with Crippen molar-refractivity contribution in [3.8, 4) is 5.75 Å². The number of nitro groups is 1. The minimum atomic E-state index is -0.534. The Morgan fingerprint density at radius 3 is 2.54 bits per heavy atom. The molecule has 0 aliphatic rings. The predicted molar refractivity (Wildman–Crippen MR) is 95.7 cm³/mol. The van der Waals surface area contributed by atoms with E-state index in [1.807, 2.05) is 0 Å². The van der Waals surface area contributed by atoms with Crippen LogP contribution in [0.2, 0.25) is 0 Å². The molecule has 8 heteroatoms. The number of methoxy groups -OCH3 is 1. The summed E-state index contributed by atoms with van der Waals surface area (Å²) in [5, 5.41) is 13.7. The fraction of sp³-hybridized carbons (Fsp3) is 0.278. The van der Waals surface area contributed by atoms with E-state index < -0.39 is 4.92 Å². The number of benzene rings is 2. The van der Waals surface area contributed by atoms with Gasteiger partial charge in [-0.1, -0.05) is 12.1 Å². The molecule has 0 bridgehead atoms. The molecule has 26 heavy (non-hydrogen) atoms. The third kappa shape index (κ3) is 5.00. The molecule has 2 aromatic rings. The van der Waals surface area contributed by atoms with Gasteiger partial charge in [0.05, 0.1) is 18.6 Å². The van der Waals surface area contributed by atoms with Gasteiger partial charge in [0, 0.05) is 24.4 Å². The van der Waals surface area contributed by atoms with E-state index in [0.29, 0.717) is 17.8 Å². The van der Waals surface area contributed by atoms with Crippen molar-refractivity contribution in [3.63, 3.8) is 0 Å². The first kappa shape index (κ1) is 19.3. The second-order valence-corrected chi connectivity index (χ2v) is 5.94. The van der Waals surface area contributed by atoms with Gasteiger partial charge in [-0.05, 0) is 37.2 Å². The molecule has 1 amide bonds. The third-order valence-electron chi connectivity index (χ3n) is 3.78. The molecular formula is C18H20FN3O4. The van der Waals surface area contributed by atoms with Crippen LogP contribution in [0.3, 0.4) is 0 Å². The Morgan fingerprint density at radius 1 is 1.31 bits per heavy atom. The summed E-state index contributed by atoms with van der Waals surface area (Å²) in [6.45, 7) is 2.26. The van der Waals surface area contributed by atoms with Gasteiger partial charge in [-0.25, -0.2) is 4.39 Å². The number of hydrogen-bond acceptors (Lipinski definition) is 5. The SMILES string of the molecule is COc1cc(NC(=O)CN(C)Cc2ccc(F)cc2)c(C)cc1[N+](=O)[O-]. The molecule has 0 atom stereocenters. The molecule has 0 aromatic heterocycles. The topological polar surface area (TPSA) is 84.7 Å². The Hall–Kier alpha value is -3.00. The molecule has 2 rings (SSSR count). The first-order valence-corrected chi connectivity index (χ1v) is 7.86. The predicted octanol–water partition coefficient (Wildman–Crippen LogP) is 3.12. The number of anilines is 1. The molecule has 0 fully saturated rings. The van der Waals surface area contributed by atoms with E-state index in [1.54, 1.807) is 31.0 Å². The Bertz CT molecular complexity index is 809. The second-order valence-electron chi connectivity index (χ2n) is 5.94. The molecule has 1 N–H and O–H groups in total. The maximum atomic E-state index is 12.9. The van der Waals surface area contributed by atoms with Crippen LogP contribution < -0.4 is 10.1 Å². The minimum absolute atomic E-state index is 0.0792.